The summed E-state index contributed by atoms with van der Waals surface area (Å²) in [5.41, 5.74) is 1.85. The van der Waals surface area contributed by atoms with E-state index in [0.29, 0.717) is 0 Å². The molecule has 0 atom stereocenters. The molecule has 1 heterocycles. The predicted octanol–water partition coefficient (Wildman–Crippen LogP) is 2.87. The molecule has 2 nitrogen and oxygen atoms in total. The second-order valence-electron chi connectivity index (χ2n) is 4.21. The molecule has 2 heteroatoms. The Kier molecular flexibility index (Phi) is 3.40. The molecule has 0 N–H and O–H groups in total. The van der Waals surface area contributed by atoms with Crippen LogP contribution in [0.15, 0.2) is 42.1 Å². The number of benzene rings is 1. The molecule has 1 saturated heterocycles. The smallest absolute Gasteiger partial charge is 0.187 e. The summed E-state index contributed by atoms with van der Waals surface area (Å²) in [7, 11) is 0. The highest BCUT2D eigenvalue weighted by molar-refractivity contribution is 6.04. The minimum atomic E-state index is 0.102. The van der Waals surface area contributed by atoms with Crippen LogP contribution in [0.3, 0.4) is 0 Å². The Bertz CT molecular complexity index is 388. The molecule has 0 radical (unpaired) electrons. The van der Waals surface area contributed by atoms with Gasteiger partial charge in [-0.05, 0) is 19.8 Å². The molecule has 1 aromatic carbocycles. The number of likely N-dealkylation sites (tertiary alicyclic amines) is 1. The monoisotopic (exact) mass is 215 g/mol. The summed E-state index contributed by atoms with van der Waals surface area (Å²) in [6, 6.07) is 9.43. The Morgan fingerprint density at radius 2 is 1.81 bits per heavy atom. The maximum Gasteiger partial charge on any atom is 0.187 e. The third-order valence-corrected chi connectivity index (χ3v) is 3.00. The molecule has 2 rings (SSSR count). The van der Waals surface area contributed by atoms with E-state index >= 15 is 0 Å². The largest absolute Gasteiger partial charge is 0.375 e. The number of hydrogen-bond donors (Lipinski definition) is 0. The van der Waals surface area contributed by atoms with Crippen molar-refractivity contribution in [3.05, 3.63) is 47.7 Å². The van der Waals surface area contributed by atoms with E-state index in [1.807, 2.05) is 37.3 Å². The van der Waals surface area contributed by atoms with Crippen LogP contribution in [-0.4, -0.2) is 23.8 Å². The lowest BCUT2D eigenvalue weighted by atomic mass is 10.1. The van der Waals surface area contributed by atoms with Crippen LogP contribution in [0.4, 0.5) is 0 Å². The van der Waals surface area contributed by atoms with E-state index in [-0.39, 0.29) is 5.78 Å². The highest BCUT2D eigenvalue weighted by Gasteiger charge is 2.12. The van der Waals surface area contributed by atoms with Gasteiger partial charge in [0.15, 0.2) is 5.78 Å². The summed E-state index contributed by atoms with van der Waals surface area (Å²) in [5.74, 6) is 0.102. The molecule has 1 fully saturated rings. The molecule has 0 spiro atoms. The van der Waals surface area contributed by atoms with Gasteiger partial charge in [-0.25, -0.2) is 0 Å². The summed E-state index contributed by atoms with van der Waals surface area (Å²) in [5, 5.41) is 0. The lowest BCUT2D eigenvalue weighted by Crippen LogP contribution is -2.17. The zero-order chi connectivity index (χ0) is 11.4. The van der Waals surface area contributed by atoms with Gasteiger partial charge in [0.2, 0.25) is 0 Å². The average Bonchev–Trinajstić information content (AvgIpc) is 2.83. The zero-order valence-corrected chi connectivity index (χ0v) is 9.65. The van der Waals surface area contributed by atoms with Crippen LogP contribution in [0.2, 0.25) is 0 Å². The number of nitrogens with zero attached hydrogens (tertiary/aromatic N) is 1. The van der Waals surface area contributed by atoms with Crippen LogP contribution in [0.25, 0.3) is 0 Å². The zero-order valence-electron chi connectivity index (χ0n) is 9.65. The van der Waals surface area contributed by atoms with Crippen LogP contribution < -0.4 is 0 Å². The van der Waals surface area contributed by atoms with Crippen molar-refractivity contribution in [2.24, 2.45) is 0 Å². The molecule has 1 aliphatic heterocycles. The molecule has 1 aliphatic rings. The van der Waals surface area contributed by atoms with Crippen molar-refractivity contribution in [1.29, 1.82) is 0 Å². The number of ketones is 1. The SMILES string of the molecule is C/C(=C\C(=O)c1ccccc1)N1CCCC1. The van der Waals surface area contributed by atoms with E-state index in [0.717, 1.165) is 24.4 Å². The number of allylic oxidation sites excluding steroid dienone is 2. The van der Waals surface area contributed by atoms with Gasteiger partial charge in [0.1, 0.15) is 0 Å². The van der Waals surface area contributed by atoms with Gasteiger partial charge in [0.05, 0.1) is 0 Å². The third kappa shape index (κ3) is 2.51. The van der Waals surface area contributed by atoms with Gasteiger partial charge in [-0.15, -0.1) is 0 Å². The number of rotatable bonds is 3. The van der Waals surface area contributed by atoms with Crippen molar-refractivity contribution < 1.29 is 4.79 Å². The topological polar surface area (TPSA) is 20.3 Å². The first-order valence-electron chi connectivity index (χ1n) is 5.80. The molecule has 0 amide bonds. The van der Waals surface area contributed by atoms with Crippen LogP contribution in [0.5, 0.6) is 0 Å². The molecule has 0 saturated carbocycles. The van der Waals surface area contributed by atoms with Crippen molar-refractivity contribution in [1.82, 2.24) is 4.90 Å². The van der Waals surface area contributed by atoms with E-state index in [9.17, 15) is 4.79 Å². The van der Waals surface area contributed by atoms with Crippen molar-refractivity contribution in [2.45, 2.75) is 19.8 Å². The summed E-state index contributed by atoms with van der Waals surface area (Å²) >= 11 is 0. The average molecular weight is 215 g/mol. The fraction of sp³-hybridized carbons (Fsp3) is 0.357. The van der Waals surface area contributed by atoms with Crippen LogP contribution >= 0.6 is 0 Å². The van der Waals surface area contributed by atoms with Crippen LogP contribution in [0, 0.1) is 0 Å². The van der Waals surface area contributed by atoms with Gasteiger partial charge in [-0.2, -0.15) is 0 Å². The van der Waals surface area contributed by atoms with E-state index < -0.39 is 0 Å². The standard InChI is InChI=1S/C14H17NO/c1-12(15-9-5-6-10-15)11-14(16)13-7-3-2-4-8-13/h2-4,7-8,11H,5-6,9-10H2,1H3/b12-11+. The molecular weight excluding hydrogens is 198 g/mol. The number of carbonyl (C=O) groups excluding carboxylic acids is 1. The summed E-state index contributed by atoms with van der Waals surface area (Å²) < 4.78 is 0. The van der Waals surface area contributed by atoms with E-state index in [4.69, 9.17) is 0 Å². The summed E-state index contributed by atoms with van der Waals surface area (Å²) in [6.07, 6.45) is 4.23. The van der Waals surface area contributed by atoms with Crippen LogP contribution in [0.1, 0.15) is 30.1 Å². The molecule has 0 unspecified atom stereocenters. The van der Waals surface area contributed by atoms with Crippen molar-refractivity contribution in [2.75, 3.05) is 13.1 Å². The predicted molar refractivity (Wildman–Crippen MR) is 65.3 cm³/mol. The minimum Gasteiger partial charge on any atom is -0.375 e. The molecule has 0 aromatic heterocycles. The highest BCUT2D eigenvalue weighted by Crippen LogP contribution is 2.14. The fourth-order valence-electron chi connectivity index (χ4n) is 2.04. The third-order valence-electron chi connectivity index (χ3n) is 3.00. The number of hydrogen-bond acceptors (Lipinski definition) is 2. The van der Waals surface area contributed by atoms with Gasteiger partial charge in [-0.1, -0.05) is 30.3 Å². The lowest BCUT2D eigenvalue weighted by Gasteiger charge is -2.17. The molecule has 0 aliphatic carbocycles. The maximum absolute atomic E-state index is 11.9. The molecule has 1 aromatic rings. The second kappa shape index (κ2) is 4.97. The first kappa shape index (κ1) is 10.9. The van der Waals surface area contributed by atoms with Gasteiger partial charge >= 0.3 is 0 Å². The number of carbonyl (C=O) groups is 1. The van der Waals surface area contributed by atoms with Crippen molar-refractivity contribution >= 4 is 5.78 Å². The molecule has 0 bridgehead atoms. The first-order valence-corrected chi connectivity index (χ1v) is 5.80. The molecule has 16 heavy (non-hydrogen) atoms. The molecular formula is C14H17NO. The Hall–Kier alpha value is -1.57. The lowest BCUT2D eigenvalue weighted by molar-refractivity contribution is 0.104. The minimum absolute atomic E-state index is 0.102. The normalized spacial score (nSPS) is 16.6. The molecule has 84 valence electrons. The van der Waals surface area contributed by atoms with Crippen LogP contribution in [-0.2, 0) is 0 Å². The van der Waals surface area contributed by atoms with E-state index in [1.54, 1.807) is 6.08 Å². The van der Waals surface area contributed by atoms with Gasteiger partial charge in [0, 0.05) is 30.4 Å². The van der Waals surface area contributed by atoms with E-state index in [1.165, 1.54) is 12.8 Å². The maximum atomic E-state index is 11.9. The fourth-order valence-corrected chi connectivity index (χ4v) is 2.04. The summed E-state index contributed by atoms with van der Waals surface area (Å²) in [4.78, 5) is 14.2. The quantitative estimate of drug-likeness (QED) is 0.571. The van der Waals surface area contributed by atoms with Crippen molar-refractivity contribution in [3.63, 3.8) is 0 Å². The highest BCUT2D eigenvalue weighted by atomic mass is 16.1. The van der Waals surface area contributed by atoms with Gasteiger partial charge < -0.3 is 4.90 Å². The Morgan fingerprint density at radius 1 is 1.19 bits per heavy atom. The Balaban J connectivity index is 2.08. The van der Waals surface area contributed by atoms with Gasteiger partial charge in [0.25, 0.3) is 0 Å². The first-order chi connectivity index (χ1) is 7.77. The Morgan fingerprint density at radius 3 is 2.44 bits per heavy atom. The Labute approximate surface area is 96.6 Å². The van der Waals surface area contributed by atoms with Crippen molar-refractivity contribution in [3.8, 4) is 0 Å². The summed E-state index contributed by atoms with van der Waals surface area (Å²) in [6.45, 7) is 4.20. The van der Waals surface area contributed by atoms with E-state index in [2.05, 4.69) is 4.90 Å². The van der Waals surface area contributed by atoms with Gasteiger partial charge in [-0.3, -0.25) is 4.79 Å². The second-order valence-corrected chi connectivity index (χ2v) is 4.21.